The largest absolute Gasteiger partial charge is 0.462 e. The molecule has 1 rings (SSSR count). The van der Waals surface area contributed by atoms with Gasteiger partial charge in [0.2, 0.25) is 10.0 Å². The summed E-state index contributed by atoms with van der Waals surface area (Å²) in [5.74, 6) is 0.440. The maximum atomic E-state index is 11.5. The number of hydrogen-bond acceptors (Lipinski definition) is 4. The molecule has 0 aliphatic rings. The molecule has 0 bridgehead atoms. The van der Waals surface area contributed by atoms with Crippen molar-refractivity contribution in [2.24, 2.45) is 5.92 Å². The maximum Gasteiger partial charge on any atom is 0.257 e. The van der Waals surface area contributed by atoms with Crippen molar-refractivity contribution >= 4 is 22.0 Å². The second-order valence-corrected chi connectivity index (χ2v) is 6.19. The second kappa shape index (κ2) is 5.86. The van der Waals surface area contributed by atoms with Crippen LogP contribution in [0.1, 0.15) is 25.4 Å². The smallest absolute Gasteiger partial charge is 0.257 e. The lowest BCUT2D eigenvalue weighted by Gasteiger charge is -2.06. The molecule has 1 N–H and O–H groups in total. The summed E-state index contributed by atoms with van der Waals surface area (Å²) in [7, 11) is -3.56. The van der Waals surface area contributed by atoms with Crippen LogP contribution in [0.4, 0.5) is 0 Å². The van der Waals surface area contributed by atoms with E-state index in [0.717, 1.165) is 11.8 Å². The summed E-state index contributed by atoms with van der Waals surface area (Å²) in [4.78, 5) is 11.4. The van der Waals surface area contributed by atoms with Gasteiger partial charge in [0.25, 0.3) is 5.91 Å². The summed E-state index contributed by atoms with van der Waals surface area (Å²) in [6.07, 6.45) is 2.56. The molecule has 1 heterocycles. The van der Waals surface area contributed by atoms with E-state index in [2.05, 4.69) is 0 Å². The van der Waals surface area contributed by atoms with Gasteiger partial charge in [-0.05, 0) is 31.1 Å². The van der Waals surface area contributed by atoms with Gasteiger partial charge in [-0.1, -0.05) is 13.8 Å². The Balaban J connectivity index is 2.59. The third-order valence-electron chi connectivity index (χ3n) is 1.97. The fourth-order valence-electron chi connectivity index (χ4n) is 1.37. The minimum absolute atomic E-state index is 0.0352. The molecule has 0 fully saturated rings. The number of amides is 1. The van der Waals surface area contributed by atoms with Gasteiger partial charge in [-0.2, -0.15) is 0 Å². The number of rotatable bonds is 5. The van der Waals surface area contributed by atoms with Crippen LogP contribution < -0.4 is 4.72 Å². The fraction of sp³-hybridized carbons (Fsp3) is 0.417. The molecule has 0 unspecified atom stereocenters. The van der Waals surface area contributed by atoms with Crippen LogP contribution in [0.25, 0.3) is 6.08 Å². The van der Waals surface area contributed by atoms with Gasteiger partial charge < -0.3 is 4.42 Å². The minimum Gasteiger partial charge on any atom is -0.462 e. The van der Waals surface area contributed by atoms with Crippen molar-refractivity contribution in [1.29, 1.82) is 0 Å². The fourth-order valence-corrected chi connectivity index (χ4v) is 2.70. The normalized spacial score (nSPS) is 12.2. The zero-order chi connectivity index (χ0) is 13.8. The first kappa shape index (κ1) is 14.5. The number of aryl methyl sites for hydroxylation is 1. The number of sulfonamides is 1. The Bertz CT molecular complexity index is 540. The van der Waals surface area contributed by atoms with Crippen molar-refractivity contribution in [2.75, 3.05) is 5.75 Å². The predicted octanol–water partition coefficient (Wildman–Crippen LogP) is 1.70. The molecule has 0 aromatic carbocycles. The molecule has 1 aromatic rings. The predicted molar refractivity (Wildman–Crippen MR) is 69.2 cm³/mol. The highest BCUT2D eigenvalue weighted by atomic mass is 32.2. The van der Waals surface area contributed by atoms with Crippen molar-refractivity contribution in [1.82, 2.24) is 4.72 Å². The van der Waals surface area contributed by atoms with E-state index >= 15 is 0 Å². The molecular formula is C12H17NO4S. The van der Waals surface area contributed by atoms with Gasteiger partial charge in [-0.3, -0.25) is 4.79 Å². The Morgan fingerprint density at radius 1 is 1.44 bits per heavy atom. The Kier molecular flexibility index (Phi) is 4.72. The summed E-state index contributed by atoms with van der Waals surface area (Å²) in [6, 6.07) is 3.45. The third-order valence-corrected chi connectivity index (χ3v) is 3.59. The van der Waals surface area contributed by atoms with Gasteiger partial charge in [-0.15, -0.1) is 0 Å². The summed E-state index contributed by atoms with van der Waals surface area (Å²) in [5, 5.41) is 0. The molecule has 0 aliphatic carbocycles. The summed E-state index contributed by atoms with van der Waals surface area (Å²) < 4.78 is 30.1. The highest BCUT2D eigenvalue weighted by molar-refractivity contribution is 7.90. The molecule has 0 spiro atoms. The van der Waals surface area contributed by atoms with Gasteiger partial charge in [-0.25, -0.2) is 13.1 Å². The molecule has 0 aliphatic heterocycles. The van der Waals surface area contributed by atoms with Gasteiger partial charge in [0.15, 0.2) is 0 Å². The Hall–Kier alpha value is -1.56. The molecular weight excluding hydrogens is 254 g/mol. The van der Waals surface area contributed by atoms with Crippen LogP contribution in [0.5, 0.6) is 0 Å². The monoisotopic (exact) mass is 271 g/mol. The van der Waals surface area contributed by atoms with E-state index in [1.54, 1.807) is 32.9 Å². The molecule has 1 amide bonds. The number of hydrogen-bond donors (Lipinski definition) is 1. The highest BCUT2D eigenvalue weighted by Crippen LogP contribution is 2.07. The van der Waals surface area contributed by atoms with Crippen LogP contribution in [0.2, 0.25) is 0 Å². The Labute approximate surface area is 107 Å². The lowest BCUT2D eigenvalue weighted by Crippen LogP contribution is -2.32. The van der Waals surface area contributed by atoms with E-state index in [0.29, 0.717) is 5.76 Å². The first-order chi connectivity index (χ1) is 8.28. The van der Waals surface area contributed by atoms with E-state index in [1.165, 1.54) is 6.08 Å². The van der Waals surface area contributed by atoms with Crippen LogP contribution >= 0.6 is 0 Å². The average Bonchev–Trinajstić information content (AvgIpc) is 2.58. The number of carbonyl (C=O) groups is 1. The molecule has 100 valence electrons. The van der Waals surface area contributed by atoms with Gasteiger partial charge >= 0.3 is 0 Å². The van der Waals surface area contributed by atoms with Crippen LogP contribution in [0.15, 0.2) is 22.6 Å². The van der Waals surface area contributed by atoms with Gasteiger partial charge in [0.05, 0.1) is 5.75 Å². The average molecular weight is 271 g/mol. The molecule has 0 saturated heterocycles. The van der Waals surface area contributed by atoms with E-state index in [9.17, 15) is 13.2 Å². The van der Waals surface area contributed by atoms with E-state index < -0.39 is 15.9 Å². The Morgan fingerprint density at radius 2 is 2.11 bits per heavy atom. The van der Waals surface area contributed by atoms with E-state index in [-0.39, 0.29) is 11.7 Å². The van der Waals surface area contributed by atoms with Crippen LogP contribution in [-0.4, -0.2) is 20.1 Å². The van der Waals surface area contributed by atoms with Gasteiger partial charge in [0.1, 0.15) is 11.5 Å². The first-order valence-corrected chi connectivity index (χ1v) is 7.23. The van der Waals surface area contributed by atoms with Crippen molar-refractivity contribution < 1.29 is 17.6 Å². The van der Waals surface area contributed by atoms with Crippen molar-refractivity contribution in [3.8, 4) is 0 Å². The Morgan fingerprint density at radius 3 is 2.61 bits per heavy atom. The quantitative estimate of drug-likeness (QED) is 0.827. The van der Waals surface area contributed by atoms with Crippen molar-refractivity contribution in [3.63, 3.8) is 0 Å². The highest BCUT2D eigenvalue weighted by Gasteiger charge is 2.14. The number of nitrogens with one attached hydrogen (secondary N) is 1. The maximum absolute atomic E-state index is 11.5. The summed E-state index contributed by atoms with van der Waals surface area (Å²) >= 11 is 0. The molecule has 6 heteroatoms. The molecule has 0 saturated carbocycles. The zero-order valence-corrected chi connectivity index (χ0v) is 11.5. The van der Waals surface area contributed by atoms with Crippen molar-refractivity contribution in [2.45, 2.75) is 20.8 Å². The summed E-state index contributed by atoms with van der Waals surface area (Å²) in [5.41, 5.74) is 0. The zero-order valence-electron chi connectivity index (χ0n) is 10.6. The van der Waals surface area contributed by atoms with E-state index in [4.69, 9.17) is 4.42 Å². The van der Waals surface area contributed by atoms with E-state index in [1.807, 2.05) is 4.72 Å². The molecule has 5 nitrogen and oxygen atoms in total. The lowest BCUT2D eigenvalue weighted by atomic mass is 10.3. The third kappa shape index (κ3) is 5.18. The molecule has 0 radical (unpaired) electrons. The number of furan rings is 1. The van der Waals surface area contributed by atoms with Gasteiger partial charge in [0, 0.05) is 6.08 Å². The lowest BCUT2D eigenvalue weighted by molar-refractivity contribution is -0.114. The second-order valence-electron chi connectivity index (χ2n) is 4.42. The molecule has 18 heavy (non-hydrogen) atoms. The van der Waals surface area contributed by atoms with Crippen molar-refractivity contribution in [3.05, 3.63) is 29.7 Å². The first-order valence-electron chi connectivity index (χ1n) is 5.57. The minimum atomic E-state index is -3.56. The van der Waals surface area contributed by atoms with Crippen LogP contribution in [0, 0.1) is 12.8 Å². The summed E-state index contributed by atoms with van der Waals surface area (Å²) in [6.45, 7) is 5.32. The molecule has 1 aromatic heterocycles. The molecule has 0 atom stereocenters. The SMILES string of the molecule is Cc1ccc(/C=C\C(=O)NS(=O)(=O)CC(C)C)o1. The standard InChI is InChI=1S/C12H17NO4S/c1-9(2)8-18(15,16)13-12(14)7-6-11-5-4-10(3)17-11/h4-7,9H,8H2,1-3H3,(H,13,14)/b7-6-. The topological polar surface area (TPSA) is 76.4 Å². The number of carbonyl (C=O) groups excluding carboxylic acids is 1. The van der Waals surface area contributed by atoms with Crippen LogP contribution in [0.3, 0.4) is 0 Å². The van der Waals surface area contributed by atoms with Crippen LogP contribution in [-0.2, 0) is 14.8 Å².